The maximum absolute atomic E-state index is 12.8. The summed E-state index contributed by atoms with van der Waals surface area (Å²) in [7, 11) is -3.81. The third kappa shape index (κ3) is 4.77. The second-order valence-corrected chi connectivity index (χ2v) is 8.57. The highest BCUT2D eigenvalue weighted by molar-refractivity contribution is 7.89. The van der Waals surface area contributed by atoms with Gasteiger partial charge in [-0.2, -0.15) is 9.57 Å². The second-order valence-electron chi connectivity index (χ2n) is 6.22. The number of amides is 2. The van der Waals surface area contributed by atoms with Crippen molar-refractivity contribution in [1.82, 2.24) is 4.31 Å². The van der Waals surface area contributed by atoms with Crippen molar-refractivity contribution in [1.29, 1.82) is 5.26 Å². The topological polar surface area (TPSA) is 129 Å². The van der Waals surface area contributed by atoms with Gasteiger partial charge in [0, 0.05) is 13.1 Å². The van der Waals surface area contributed by atoms with Crippen molar-refractivity contribution < 1.29 is 22.7 Å². The third-order valence-electron chi connectivity index (χ3n) is 4.30. The summed E-state index contributed by atoms with van der Waals surface area (Å²) in [5, 5.41) is 13.8. The molecule has 11 heteroatoms. The fourth-order valence-electron chi connectivity index (χ4n) is 2.74. The standard InChI is InChI=1S/C19H17ClN4O5S/c20-15-6-5-14(30(27,28)24-7-9-29-10-8-24)11-17(15)23-19(26)18(25)22-16-4-2-1-3-13(16)12-21/h1-6,11H,7-10H2,(H,22,25)(H,23,26). The van der Waals surface area contributed by atoms with Crippen LogP contribution in [0.3, 0.4) is 0 Å². The molecule has 2 aromatic rings. The van der Waals surface area contributed by atoms with Crippen molar-refractivity contribution in [3.05, 3.63) is 53.1 Å². The van der Waals surface area contributed by atoms with Crippen LogP contribution in [0.15, 0.2) is 47.4 Å². The number of nitrogens with zero attached hydrogens (tertiary/aromatic N) is 2. The summed E-state index contributed by atoms with van der Waals surface area (Å²) in [4.78, 5) is 24.4. The smallest absolute Gasteiger partial charge is 0.314 e. The van der Waals surface area contributed by atoms with Crippen LogP contribution in [-0.2, 0) is 24.3 Å². The second kappa shape index (κ2) is 9.23. The molecule has 2 amide bonds. The first-order valence-electron chi connectivity index (χ1n) is 8.82. The first-order valence-corrected chi connectivity index (χ1v) is 10.6. The molecule has 1 aliphatic rings. The van der Waals surface area contributed by atoms with E-state index in [9.17, 15) is 18.0 Å². The maximum atomic E-state index is 12.8. The van der Waals surface area contributed by atoms with Crippen LogP contribution in [0, 0.1) is 11.3 Å². The van der Waals surface area contributed by atoms with Crippen LogP contribution in [0.4, 0.5) is 11.4 Å². The molecule has 156 valence electrons. The lowest BCUT2D eigenvalue weighted by Gasteiger charge is -2.26. The van der Waals surface area contributed by atoms with Crippen molar-refractivity contribution in [3.63, 3.8) is 0 Å². The van der Waals surface area contributed by atoms with E-state index in [1.54, 1.807) is 12.1 Å². The van der Waals surface area contributed by atoms with Gasteiger partial charge < -0.3 is 15.4 Å². The van der Waals surface area contributed by atoms with Crippen LogP contribution in [0.5, 0.6) is 0 Å². The van der Waals surface area contributed by atoms with Crippen LogP contribution >= 0.6 is 11.6 Å². The number of sulfonamides is 1. The fraction of sp³-hybridized carbons (Fsp3) is 0.211. The van der Waals surface area contributed by atoms with E-state index in [2.05, 4.69) is 10.6 Å². The molecular formula is C19H17ClN4O5S. The number of carbonyl (C=O) groups is 2. The molecule has 0 atom stereocenters. The molecule has 3 rings (SSSR count). The average Bonchev–Trinajstić information content (AvgIpc) is 2.76. The van der Waals surface area contributed by atoms with Crippen LogP contribution < -0.4 is 10.6 Å². The van der Waals surface area contributed by atoms with E-state index in [1.807, 2.05) is 6.07 Å². The monoisotopic (exact) mass is 448 g/mol. The van der Waals surface area contributed by atoms with Gasteiger partial charge in [-0.3, -0.25) is 9.59 Å². The van der Waals surface area contributed by atoms with Crippen molar-refractivity contribution in [3.8, 4) is 6.07 Å². The lowest BCUT2D eigenvalue weighted by atomic mass is 10.2. The number of halogens is 1. The Labute approximate surface area is 178 Å². The molecule has 0 aromatic heterocycles. The number of benzene rings is 2. The molecule has 2 N–H and O–H groups in total. The molecule has 0 radical (unpaired) electrons. The van der Waals surface area contributed by atoms with Crippen LogP contribution in [0.1, 0.15) is 5.56 Å². The Balaban J connectivity index is 1.77. The van der Waals surface area contributed by atoms with Crippen molar-refractivity contribution in [2.75, 3.05) is 36.9 Å². The van der Waals surface area contributed by atoms with E-state index in [4.69, 9.17) is 21.6 Å². The molecule has 1 saturated heterocycles. The lowest BCUT2D eigenvalue weighted by Crippen LogP contribution is -2.40. The molecule has 0 saturated carbocycles. The Morgan fingerprint density at radius 1 is 1.03 bits per heavy atom. The third-order valence-corrected chi connectivity index (χ3v) is 6.52. The number of nitrogens with one attached hydrogen (secondary N) is 2. The highest BCUT2D eigenvalue weighted by Gasteiger charge is 2.27. The summed E-state index contributed by atoms with van der Waals surface area (Å²) in [5.74, 6) is -2.10. The zero-order valence-electron chi connectivity index (χ0n) is 15.6. The molecule has 0 spiro atoms. The van der Waals surface area contributed by atoms with E-state index >= 15 is 0 Å². The summed E-state index contributed by atoms with van der Waals surface area (Å²) in [6.07, 6.45) is 0. The molecule has 9 nitrogen and oxygen atoms in total. The van der Waals surface area contributed by atoms with Gasteiger partial charge >= 0.3 is 11.8 Å². The van der Waals surface area contributed by atoms with Gasteiger partial charge in [-0.15, -0.1) is 0 Å². The number of morpholine rings is 1. The van der Waals surface area contributed by atoms with E-state index in [0.29, 0.717) is 13.2 Å². The minimum atomic E-state index is -3.81. The summed E-state index contributed by atoms with van der Waals surface area (Å²) in [6.45, 7) is 1.02. The Morgan fingerprint density at radius 3 is 2.33 bits per heavy atom. The number of anilines is 2. The summed E-state index contributed by atoms with van der Waals surface area (Å²) >= 11 is 6.07. The zero-order chi connectivity index (χ0) is 21.7. The van der Waals surface area contributed by atoms with Crippen molar-refractivity contribution in [2.45, 2.75) is 4.90 Å². The summed E-state index contributed by atoms with van der Waals surface area (Å²) < 4.78 is 32.0. The number of para-hydroxylation sites is 1. The molecule has 1 heterocycles. The van der Waals surface area contributed by atoms with E-state index < -0.39 is 21.8 Å². The Kier molecular flexibility index (Phi) is 6.69. The van der Waals surface area contributed by atoms with Gasteiger partial charge in [0.05, 0.1) is 40.1 Å². The molecule has 1 fully saturated rings. The molecule has 30 heavy (non-hydrogen) atoms. The van der Waals surface area contributed by atoms with Gasteiger partial charge in [-0.05, 0) is 30.3 Å². The van der Waals surface area contributed by atoms with E-state index in [1.165, 1.54) is 34.6 Å². The van der Waals surface area contributed by atoms with Crippen molar-refractivity contribution in [2.24, 2.45) is 0 Å². The minimum Gasteiger partial charge on any atom is -0.379 e. The minimum absolute atomic E-state index is 0.0280. The molecule has 0 aliphatic carbocycles. The number of hydrogen-bond acceptors (Lipinski definition) is 6. The highest BCUT2D eigenvalue weighted by atomic mass is 35.5. The van der Waals surface area contributed by atoms with Gasteiger partial charge in [0.2, 0.25) is 10.0 Å². The first kappa shape index (κ1) is 21.7. The van der Waals surface area contributed by atoms with Crippen molar-refractivity contribution >= 4 is 44.8 Å². The Morgan fingerprint density at radius 2 is 1.67 bits per heavy atom. The normalized spacial score (nSPS) is 14.5. The Hall–Kier alpha value is -2.97. The van der Waals surface area contributed by atoms with Gasteiger partial charge in [0.15, 0.2) is 0 Å². The SMILES string of the molecule is N#Cc1ccccc1NC(=O)C(=O)Nc1cc(S(=O)(=O)N2CCOCC2)ccc1Cl. The molecule has 2 aromatic carbocycles. The number of carbonyl (C=O) groups excluding carboxylic acids is 2. The molecule has 0 unspecified atom stereocenters. The predicted octanol–water partition coefficient (Wildman–Crippen LogP) is 1.81. The van der Waals surface area contributed by atoms with Crippen LogP contribution in [-0.4, -0.2) is 50.8 Å². The van der Waals surface area contributed by atoms with Gasteiger partial charge in [0.25, 0.3) is 0 Å². The quantitative estimate of drug-likeness (QED) is 0.686. The predicted molar refractivity (Wildman–Crippen MR) is 109 cm³/mol. The maximum Gasteiger partial charge on any atom is 0.314 e. The van der Waals surface area contributed by atoms with E-state index in [-0.39, 0.29) is 39.9 Å². The summed E-state index contributed by atoms with van der Waals surface area (Å²) in [5.41, 5.74) is 0.338. The number of ether oxygens (including phenoxy) is 1. The number of rotatable bonds is 4. The Bertz CT molecular complexity index is 1120. The van der Waals surface area contributed by atoms with Gasteiger partial charge in [0.1, 0.15) is 6.07 Å². The van der Waals surface area contributed by atoms with Crippen LogP contribution in [0.25, 0.3) is 0 Å². The first-order chi connectivity index (χ1) is 14.3. The van der Waals surface area contributed by atoms with Gasteiger partial charge in [-0.1, -0.05) is 23.7 Å². The van der Waals surface area contributed by atoms with E-state index in [0.717, 1.165) is 0 Å². The number of nitriles is 1. The fourth-order valence-corrected chi connectivity index (χ4v) is 4.34. The molecule has 0 bridgehead atoms. The van der Waals surface area contributed by atoms with Gasteiger partial charge in [-0.25, -0.2) is 8.42 Å². The lowest BCUT2D eigenvalue weighted by molar-refractivity contribution is -0.133. The highest BCUT2D eigenvalue weighted by Crippen LogP contribution is 2.27. The zero-order valence-corrected chi connectivity index (χ0v) is 17.2. The number of hydrogen-bond donors (Lipinski definition) is 2. The average molecular weight is 449 g/mol. The molecule has 1 aliphatic heterocycles. The van der Waals surface area contributed by atoms with Crippen LogP contribution in [0.2, 0.25) is 5.02 Å². The largest absolute Gasteiger partial charge is 0.379 e. The summed E-state index contributed by atoms with van der Waals surface area (Å²) in [6, 6.07) is 11.9. The molecular weight excluding hydrogens is 432 g/mol.